The van der Waals surface area contributed by atoms with Crippen LogP contribution >= 0.6 is 15.9 Å². The van der Waals surface area contributed by atoms with Gasteiger partial charge in [-0.2, -0.15) is 0 Å². The van der Waals surface area contributed by atoms with E-state index in [-0.39, 0.29) is 5.91 Å². The van der Waals surface area contributed by atoms with Crippen molar-refractivity contribution in [3.63, 3.8) is 0 Å². The fourth-order valence-electron chi connectivity index (χ4n) is 2.54. The van der Waals surface area contributed by atoms with Gasteiger partial charge in [-0.25, -0.2) is 0 Å². The minimum Gasteiger partial charge on any atom is -0.481 e. The number of aliphatic carboxylic acids is 1. The number of hydrogen-bond donors (Lipinski definition) is 2. The Hall–Kier alpha value is -1.36. The average Bonchev–Trinajstić information content (AvgIpc) is 2.84. The first kappa shape index (κ1) is 14.1. The van der Waals surface area contributed by atoms with Gasteiger partial charge in [0.05, 0.1) is 11.8 Å². The molecule has 2 atom stereocenters. The van der Waals surface area contributed by atoms with E-state index in [1.165, 1.54) is 0 Å². The smallest absolute Gasteiger partial charge is 0.307 e. The third-order valence-electron chi connectivity index (χ3n) is 3.70. The van der Waals surface area contributed by atoms with Gasteiger partial charge in [-0.15, -0.1) is 0 Å². The molecule has 0 spiro atoms. The fraction of sp³-hybridized carbons (Fsp3) is 0.429. The highest BCUT2D eigenvalue weighted by Crippen LogP contribution is 2.33. The van der Waals surface area contributed by atoms with Crippen LogP contribution in [0.15, 0.2) is 22.7 Å². The number of amides is 1. The minimum atomic E-state index is -0.872. The monoisotopic (exact) mass is 325 g/mol. The highest BCUT2D eigenvalue weighted by atomic mass is 79.9. The van der Waals surface area contributed by atoms with Crippen molar-refractivity contribution >= 4 is 33.5 Å². The summed E-state index contributed by atoms with van der Waals surface area (Å²) in [4.78, 5) is 23.3. The number of carboxylic acids is 1. The second kappa shape index (κ2) is 5.74. The summed E-state index contributed by atoms with van der Waals surface area (Å²) in [6, 6.07) is 5.57. The van der Waals surface area contributed by atoms with E-state index >= 15 is 0 Å². The van der Waals surface area contributed by atoms with E-state index in [2.05, 4.69) is 21.2 Å². The van der Waals surface area contributed by atoms with E-state index in [0.717, 1.165) is 22.1 Å². The summed E-state index contributed by atoms with van der Waals surface area (Å²) in [5.74, 6) is -2.03. The molecule has 1 aliphatic rings. The molecular formula is C14H16BrNO3. The van der Waals surface area contributed by atoms with Gasteiger partial charge < -0.3 is 10.4 Å². The van der Waals surface area contributed by atoms with Gasteiger partial charge in [-0.3, -0.25) is 9.59 Å². The number of carbonyl (C=O) groups excluding carboxylic acids is 1. The number of halogens is 1. The molecule has 1 aliphatic carbocycles. The molecule has 1 aromatic rings. The molecule has 1 aromatic carbocycles. The van der Waals surface area contributed by atoms with Gasteiger partial charge in [-0.05, 0) is 37.5 Å². The standard InChI is InChI=1S/C14H16BrNO3/c1-8-11(15)6-3-7-12(8)16-13(17)9-4-2-5-10(9)14(18)19/h3,6-7,9-10H,2,4-5H2,1H3,(H,16,17)(H,18,19). The van der Waals surface area contributed by atoms with Gasteiger partial charge in [-0.1, -0.05) is 28.4 Å². The zero-order chi connectivity index (χ0) is 14.0. The molecule has 102 valence electrons. The Morgan fingerprint density at radius 3 is 2.68 bits per heavy atom. The molecule has 0 heterocycles. The van der Waals surface area contributed by atoms with Gasteiger partial charge in [0.2, 0.25) is 5.91 Å². The molecule has 0 bridgehead atoms. The first-order valence-electron chi connectivity index (χ1n) is 6.29. The van der Waals surface area contributed by atoms with Crippen molar-refractivity contribution in [3.8, 4) is 0 Å². The Kier molecular flexibility index (Phi) is 4.24. The van der Waals surface area contributed by atoms with E-state index in [1.54, 1.807) is 0 Å². The predicted octanol–water partition coefficient (Wildman–Crippen LogP) is 3.20. The highest BCUT2D eigenvalue weighted by Gasteiger charge is 2.37. The topological polar surface area (TPSA) is 66.4 Å². The van der Waals surface area contributed by atoms with E-state index in [9.17, 15) is 9.59 Å². The zero-order valence-corrected chi connectivity index (χ0v) is 12.2. The Balaban J connectivity index is 2.13. The van der Waals surface area contributed by atoms with Crippen molar-refractivity contribution in [1.82, 2.24) is 0 Å². The molecule has 4 nitrogen and oxygen atoms in total. The Morgan fingerprint density at radius 1 is 1.32 bits per heavy atom. The van der Waals surface area contributed by atoms with Gasteiger partial charge in [0, 0.05) is 10.2 Å². The number of hydrogen-bond acceptors (Lipinski definition) is 2. The average molecular weight is 326 g/mol. The first-order chi connectivity index (χ1) is 9.00. The second-order valence-electron chi connectivity index (χ2n) is 4.88. The normalized spacial score (nSPS) is 22.2. The van der Waals surface area contributed by atoms with Crippen molar-refractivity contribution in [3.05, 3.63) is 28.2 Å². The van der Waals surface area contributed by atoms with Crippen LogP contribution in [0.3, 0.4) is 0 Å². The summed E-state index contributed by atoms with van der Waals surface area (Å²) in [5, 5.41) is 12.0. The van der Waals surface area contributed by atoms with Crippen LogP contribution in [0.2, 0.25) is 0 Å². The maximum absolute atomic E-state index is 12.2. The maximum atomic E-state index is 12.2. The molecule has 1 fully saturated rings. The van der Waals surface area contributed by atoms with Crippen LogP contribution in [-0.2, 0) is 9.59 Å². The first-order valence-corrected chi connectivity index (χ1v) is 7.09. The Labute approximate surface area is 120 Å². The van der Waals surface area contributed by atoms with Crippen LogP contribution < -0.4 is 5.32 Å². The highest BCUT2D eigenvalue weighted by molar-refractivity contribution is 9.10. The summed E-state index contributed by atoms with van der Waals surface area (Å²) in [7, 11) is 0. The number of carbonyl (C=O) groups is 2. The van der Waals surface area contributed by atoms with Crippen molar-refractivity contribution in [2.75, 3.05) is 5.32 Å². The van der Waals surface area contributed by atoms with Crippen LogP contribution in [0.25, 0.3) is 0 Å². The van der Waals surface area contributed by atoms with E-state index < -0.39 is 17.8 Å². The summed E-state index contributed by atoms with van der Waals surface area (Å²) < 4.78 is 0.923. The number of anilines is 1. The van der Waals surface area contributed by atoms with Gasteiger partial charge in [0.15, 0.2) is 0 Å². The zero-order valence-electron chi connectivity index (χ0n) is 10.6. The third-order valence-corrected chi connectivity index (χ3v) is 4.55. The minimum absolute atomic E-state index is 0.189. The summed E-state index contributed by atoms with van der Waals surface area (Å²) >= 11 is 3.41. The number of benzene rings is 1. The summed E-state index contributed by atoms with van der Waals surface area (Å²) in [6.45, 7) is 1.91. The lowest BCUT2D eigenvalue weighted by molar-refractivity contribution is -0.145. The quantitative estimate of drug-likeness (QED) is 0.896. The molecule has 0 aliphatic heterocycles. The second-order valence-corrected chi connectivity index (χ2v) is 5.74. The Bertz CT molecular complexity index is 515. The fourth-order valence-corrected chi connectivity index (χ4v) is 2.90. The van der Waals surface area contributed by atoms with Crippen LogP contribution in [0.1, 0.15) is 24.8 Å². The largest absolute Gasteiger partial charge is 0.481 e. The SMILES string of the molecule is Cc1c(Br)cccc1NC(=O)C1CCCC1C(=O)O. The van der Waals surface area contributed by atoms with Crippen molar-refractivity contribution in [2.24, 2.45) is 11.8 Å². The van der Waals surface area contributed by atoms with E-state index in [1.807, 2.05) is 25.1 Å². The van der Waals surface area contributed by atoms with Crippen molar-refractivity contribution in [2.45, 2.75) is 26.2 Å². The van der Waals surface area contributed by atoms with Crippen LogP contribution in [0, 0.1) is 18.8 Å². The lowest BCUT2D eigenvalue weighted by Gasteiger charge is -2.17. The van der Waals surface area contributed by atoms with Crippen molar-refractivity contribution in [1.29, 1.82) is 0 Å². The molecule has 2 N–H and O–H groups in total. The molecule has 1 saturated carbocycles. The molecule has 5 heteroatoms. The van der Waals surface area contributed by atoms with Gasteiger partial charge >= 0.3 is 5.97 Å². The van der Waals surface area contributed by atoms with Crippen LogP contribution in [0.5, 0.6) is 0 Å². The molecule has 0 aromatic heterocycles. The molecule has 0 saturated heterocycles. The van der Waals surface area contributed by atoms with E-state index in [0.29, 0.717) is 12.8 Å². The molecule has 1 amide bonds. The molecule has 2 rings (SSSR count). The van der Waals surface area contributed by atoms with Crippen LogP contribution in [0.4, 0.5) is 5.69 Å². The molecule has 2 unspecified atom stereocenters. The summed E-state index contributed by atoms with van der Waals surface area (Å²) in [6.07, 6.45) is 2.03. The maximum Gasteiger partial charge on any atom is 0.307 e. The molecular weight excluding hydrogens is 310 g/mol. The molecule has 19 heavy (non-hydrogen) atoms. The van der Waals surface area contributed by atoms with Gasteiger partial charge in [0.25, 0.3) is 0 Å². The lowest BCUT2D eigenvalue weighted by Crippen LogP contribution is -2.30. The van der Waals surface area contributed by atoms with Crippen molar-refractivity contribution < 1.29 is 14.7 Å². The van der Waals surface area contributed by atoms with Gasteiger partial charge in [0.1, 0.15) is 0 Å². The third kappa shape index (κ3) is 2.97. The molecule has 0 radical (unpaired) electrons. The Morgan fingerprint density at radius 2 is 2.00 bits per heavy atom. The number of carboxylic acid groups (broad SMARTS) is 1. The van der Waals surface area contributed by atoms with E-state index in [4.69, 9.17) is 5.11 Å². The number of nitrogens with one attached hydrogen (secondary N) is 1. The van der Waals surface area contributed by atoms with Crippen LogP contribution in [-0.4, -0.2) is 17.0 Å². The summed E-state index contributed by atoms with van der Waals surface area (Å²) in [5.41, 5.74) is 1.68. The predicted molar refractivity (Wildman–Crippen MR) is 76.0 cm³/mol. The lowest BCUT2D eigenvalue weighted by atomic mass is 9.95. The number of rotatable bonds is 3.